The van der Waals surface area contributed by atoms with Crippen LogP contribution in [0.3, 0.4) is 0 Å². The highest BCUT2D eigenvalue weighted by Gasteiger charge is 2.46. The monoisotopic (exact) mass is 283 g/mol. The molecule has 0 spiro atoms. The smallest absolute Gasteiger partial charge is 0.329 e. The molecule has 1 aliphatic carbocycles. The van der Waals surface area contributed by atoms with Gasteiger partial charge in [-0.2, -0.15) is 0 Å². The van der Waals surface area contributed by atoms with Crippen molar-refractivity contribution in [3.05, 3.63) is 28.8 Å². The summed E-state index contributed by atoms with van der Waals surface area (Å²) in [4.78, 5) is 23.4. The van der Waals surface area contributed by atoms with E-state index in [1.165, 1.54) is 19.2 Å². The average molecular weight is 284 g/mol. The number of carboxylic acids is 1. The Bertz CT molecular complexity index is 525. The van der Waals surface area contributed by atoms with Gasteiger partial charge in [-0.25, -0.2) is 4.79 Å². The van der Waals surface area contributed by atoms with Crippen LogP contribution in [0.2, 0.25) is 5.02 Å². The minimum Gasteiger partial charge on any atom is -0.496 e. The van der Waals surface area contributed by atoms with Gasteiger partial charge in [0.15, 0.2) is 0 Å². The quantitative estimate of drug-likeness (QED) is 0.887. The maximum absolute atomic E-state index is 12.2. The Morgan fingerprint density at radius 1 is 1.42 bits per heavy atom. The van der Waals surface area contributed by atoms with Gasteiger partial charge >= 0.3 is 5.97 Å². The van der Waals surface area contributed by atoms with Crippen LogP contribution < -0.4 is 10.1 Å². The minimum atomic E-state index is -1.14. The summed E-state index contributed by atoms with van der Waals surface area (Å²) < 4.78 is 5.08. The molecule has 19 heavy (non-hydrogen) atoms. The third-order valence-electron chi connectivity index (χ3n) is 3.38. The number of hydrogen-bond donors (Lipinski definition) is 2. The molecule has 1 saturated carbocycles. The number of carboxylic acid groups (broad SMARTS) is 1. The van der Waals surface area contributed by atoms with Crippen molar-refractivity contribution in [2.75, 3.05) is 7.11 Å². The van der Waals surface area contributed by atoms with E-state index in [-0.39, 0.29) is 5.56 Å². The molecule has 1 aliphatic rings. The van der Waals surface area contributed by atoms with E-state index in [0.29, 0.717) is 23.6 Å². The number of carbonyl (C=O) groups is 2. The molecule has 0 radical (unpaired) electrons. The van der Waals surface area contributed by atoms with Gasteiger partial charge in [-0.1, -0.05) is 11.6 Å². The van der Waals surface area contributed by atoms with Crippen LogP contribution in [0, 0.1) is 0 Å². The zero-order valence-corrected chi connectivity index (χ0v) is 11.2. The number of benzene rings is 1. The lowest BCUT2D eigenvalue weighted by Gasteiger charge is -2.38. The van der Waals surface area contributed by atoms with Gasteiger partial charge in [0.2, 0.25) is 0 Å². The molecule has 102 valence electrons. The summed E-state index contributed by atoms with van der Waals surface area (Å²) in [6, 6.07) is 4.60. The molecule has 0 saturated heterocycles. The Morgan fingerprint density at radius 3 is 2.58 bits per heavy atom. The topological polar surface area (TPSA) is 75.6 Å². The summed E-state index contributed by atoms with van der Waals surface area (Å²) in [7, 11) is 1.43. The van der Waals surface area contributed by atoms with E-state index in [1.807, 2.05) is 0 Å². The second-order valence-corrected chi connectivity index (χ2v) is 4.98. The number of rotatable bonds is 4. The van der Waals surface area contributed by atoms with E-state index in [9.17, 15) is 14.7 Å². The molecule has 0 aromatic heterocycles. The summed E-state index contributed by atoms with van der Waals surface area (Å²) >= 11 is 5.82. The van der Waals surface area contributed by atoms with Gasteiger partial charge in [0.25, 0.3) is 5.91 Å². The maximum Gasteiger partial charge on any atom is 0.329 e. The molecule has 6 heteroatoms. The third kappa shape index (κ3) is 2.51. The van der Waals surface area contributed by atoms with E-state index < -0.39 is 17.4 Å². The van der Waals surface area contributed by atoms with Crippen molar-refractivity contribution in [1.82, 2.24) is 5.32 Å². The SMILES string of the molecule is COc1cc(Cl)ccc1C(=O)NC1(C(=O)O)CCC1. The summed E-state index contributed by atoms with van der Waals surface area (Å²) in [6.45, 7) is 0. The fourth-order valence-corrected chi connectivity index (χ4v) is 2.22. The first kappa shape index (κ1) is 13.7. The Labute approximate surface area is 115 Å². The fourth-order valence-electron chi connectivity index (χ4n) is 2.06. The standard InChI is InChI=1S/C13H14ClNO4/c1-19-10-7-8(14)3-4-9(10)11(16)15-13(12(17)18)5-2-6-13/h3-4,7H,2,5-6H2,1H3,(H,15,16)(H,17,18). The van der Waals surface area contributed by atoms with Crippen LogP contribution in [0.15, 0.2) is 18.2 Å². The third-order valence-corrected chi connectivity index (χ3v) is 3.61. The van der Waals surface area contributed by atoms with Crippen LogP contribution in [0.4, 0.5) is 0 Å². The average Bonchev–Trinajstić information content (AvgIpc) is 2.32. The predicted molar refractivity (Wildman–Crippen MR) is 69.7 cm³/mol. The molecular weight excluding hydrogens is 270 g/mol. The number of amides is 1. The molecule has 2 rings (SSSR count). The Balaban J connectivity index is 2.23. The number of methoxy groups -OCH3 is 1. The Kier molecular flexibility index (Phi) is 3.66. The van der Waals surface area contributed by atoms with E-state index >= 15 is 0 Å². The minimum absolute atomic E-state index is 0.277. The molecule has 2 N–H and O–H groups in total. The summed E-state index contributed by atoms with van der Waals surface area (Å²) in [5, 5.41) is 12.2. The van der Waals surface area contributed by atoms with Crippen molar-refractivity contribution < 1.29 is 19.4 Å². The van der Waals surface area contributed by atoms with E-state index in [1.54, 1.807) is 6.07 Å². The first-order chi connectivity index (χ1) is 8.98. The lowest BCUT2D eigenvalue weighted by molar-refractivity contribution is -0.148. The number of hydrogen-bond acceptors (Lipinski definition) is 3. The summed E-state index contributed by atoms with van der Waals surface area (Å²) in [5.74, 6) is -1.14. The second-order valence-electron chi connectivity index (χ2n) is 4.54. The highest BCUT2D eigenvalue weighted by atomic mass is 35.5. The molecule has 1 fully saturated rings. The lowest BCUT2D eigenvalue weighted by Crippen LogP contribution is -2.59. The summed E-state index contributed by atoms with van der Waals surface area (Å²) in [6.07, 6.45) is 1.69. The highest BCUT2D eigenvalue weighted by Crippen LogP contribution is 2.33. The van der Waals surface area contributed by atoms with Crippen molar-refractivity contribution in [2.24, 2.45) is 0 Å². The van der Waals surface area contributed by atoms with Crippen LogP contribution >= 0.6 is 11.6 Å². The Morgan fingerprint density at radius 2 is 2.11 bits per heavy atom. The largest absolute Gasteiger partial charge is 0.496 e. The predicted octanol–water partition coefficient (Wildman–Crippen LogP) is 2.09. The van der Waals surface area contributed by atoms with Crippen LogP contribution in [0.1, 0.15) is 29.6 Å². The molecular formula is C13H14ClNO4. The van der Waals surface area contributed by atoms with Crippen LogP contribution in [-0.4, -0.2) is 29.6 Å². The number of nitrogens with one attached hydrogen (secondary N) is 1. The molecule has 0 aliphatic heterocycles. The van der Waals surface area contributed by atoms with Crippen molar-refractivity contribution >= 4 is 23.5 Å². The van der Waals surface area contributed by atoms with E-state index in [4.69, 9.17) is 16.3 Å². The van der Waals surface area contributed by atoms with Crippen LogP contribution in [0.5, 0.6) is 5.75 Å². The van der Waals surface area contributed by atoms with Gasteiger partial charge in [-0.15, -0.1) is 0 Å². The number of aliphatic carboxylic acids is 1. The normalized spacial score (nSPS) is 16.3. The zero-order valence-electron chi connectivity index (χ0n) is 10.4. The van der Waals surface area contributed by atoms with Gasteiger partial charge < -0.3 is 15.2 Å². The van der Waals surface area contributed by atoms with Crippen molar-refractivity contribution in [1.29, 1.82) is 0 Å². The first-order valence-electron chi connectivity index (χ1n) is 5.88. The van der Waals surface area contributed by atoms with Gasteiger partial charge in [-0.3, -0.25) is 4.79 Å². The van der Waals surface area contributed by atoms with Crippen molar-refractivity contribution in [3.8, 4) is 5.75 Å². The molecule has 0 heterocycles. The van der Waals surface area contributed by atoms with Gasteiger partial charge in [0.05, 0.1) is 12.7 Å². The molecule has 5 nitrogen and oxygen atoms in total. The zero-order chi connectivity index (χ0) is 14.0. The van der Waals surface area contributed by atoms with Crippen molar-refractivity contribution in [2.45, 2.75) is 24.8 Å². The Hall–Kier alpha value is -1.75. The van der Waals surface area contributed by atoms with Gasteiger partial charge in [0, 0.05) is 5.02 Å². The second kappa shape index (κ2) is 5.09. The van der Waals surface area contributed by atoms with Crippen LogP contribution in [0.25, 0.3) is 0 Å². The molecule has 1 aromatic rings. The van der Waals surface area contributed by atoms with E-state index in [2.05, 4.69) is 5.32 Å². The van der Waals surface area contributed by atoms with Gasteiger partial charge in [-0.05, 0) is 37.5 Å². The van der Waals surface area contributed by atoms with Crippen LogP contribution in [-0.2, 0) is 4.79 Å². The number of ether oxygens (including phenoxy) is 1. The molecule has 0 unspecified atom stereocenters. The first-order valence-corrected chi connectivity index (χ1v) is 6.26. The highest BCUT2D eigenvalue weighted by molar-refractivity contribution is 6.30. The molecule has 1 amide bonds. The molecule has 0 bridgehead atoms. The number of halogens is 1. The van der Waals surface area contributed by atoms with Gasteiger partial charge in [0.1, 0.15) is 11.3 Å². The lowest BCUT2D eigenvalue weighted by atomic mass is 9.76. The van der Waals surface area contributed by atoms with E-state index in [0.717, 1.165) is 6.42 Å². The van der Waals surface area contributed by atoms with Crippen molar-refractivity contribution in [3.63, 3.8) is 0 Å². The molecule has 1 aromatic carbocycles. The molecule has 0 atom stereocenters. The summed E-state index contributed by atoms with van der Waals surface area (Å²) in [5.41, 5.74) is -0.860. The number of carbonyl (C=O) groups excluding carboxylic acids is 1. The fraction of sp³-hybridized carbons (Fsp3) is 0.385. The maximum atomic E-state index is 12.2.